The van der Waals surface area contributed by atoms with E-state index in [0.717, 1.165) is 11.1 Å². The Balaban J connectivity index is 1.75. The molecule has 29 heavy (non-hydrogen) atoms. The van der Waals surface area contributed by atoms with Crippen molar-refractivity contribution in [2.24, 2.45) is 4.99 Å². The Morgan fingerprint density at radius 1 is 1.00 bits per heavy atom. The van der Waals surface area contributed by atoms with Gasteiger partial charge in [-0.3, -0.25) is 0 Å². The van der Waals surface area contributed by atoms with Crippen LogP contribution in [-0.4, -0.2) is 11.2 Å². The quantitative estimate of drug-likeness (QED) is 0.468. The summed E-state index contributed by atoms with van der Waals surface area (Å²) in [5.41, 5.74) is 4.41. The van der Waals surface area contributed by atoms with E-state index in [0.29, 0.717) is 23.1 Å². The maximum atomic E-state index is 13.8. The first-order chi connectivity index (χ1) is 13.8. The second-order valence-electron chi connectivity index (χ2n) is 6.95. The molecule has 0 spiro atoms. The molecule has 150 valence electrons. The fourth-order valence-corrected chi connectivity index (χ4v) is 3.14. The Bertz CT molecular complexity index is 1040. The topological polar surface area (TPSA) is 37.3 Å². The smallest absolute Gasteiger partial charge is 0.156 e. The number of nitrogens with one attached hydrogen (secondary N) is 1. The Morgan fingerprint density at radius 2 is 1.72 bits per heavy atom. The number of benzene rings is 2. The molecule has 0 saturated heterocycles. The lowest BCUT2D eigenvalue weighted by Gasteiger charge is -2.11. The zero-order valence-electron chi connectivity index (χ0n) is 16.6. The maximum absolute atomic E-state index is 13.8. The average molecular weight is 414 g/mol. The molecule has 3 nitrogen and oxygen atoms in total. The number of pyridine rings is 1. The molecule has 0 fully saturated rings. The van der Waals surface area contributed by atoms with Gasteiger partial charge in [0, 0.05) is 24.7 Å². The van der Waals surface area contributed by atoms with Crippen LogP contribution in [-0.2, 0) is 13.0 Å². The second kappa shape index (κ2) is 9.14. The van der Waals surface area contributed by atoms with E-state index in [1.54, 1.807) is 12.3 Å². The third-order valence-corrected chi connectivity index (χ3v) is 5.03. The van der Waals surface area contributed by atoms with Gasteiger partial charge in [0.2, 0.25) is 0 Å². The molecule has 0 atom stereocenters. The predicted octanol–water partition coefficient (Wildman–Crippen LogP) is 6.50. The molecule has 1 N–H and O–H groups in total. The first-order valence-electron chi connectivity index (χ1n) is 9.27. The molecule has 1 aromatic heterocycles. The van der Waals surface area contributed by atoms with Crippen LogP contribution in [0.4, 0.5) is 20.4 Å². The van der Waals surface area contributed by atoms with Crippen molar-refractivity contribution in [2.45, 2.75) is 33.7 Å². The molecule has 0 aliphatic rings. The van der Waals surface area contributed by atoms with Crippen LogP contribution in [0.25, 0.3) is 0 Å². The van der Waals surface area contributed by atoms with Gasteiger partial charge in [0.1, 0.15) is 17.5 Å². The molecule has 1 heterocycles. The van der Waals surface area contributed by atoms with Crippen molar-refractivity contribution in [1.29, 1.82) is 0 Å². The number of rotatable bonds is 6. The summed E-state index contributed by atoms with van der Waals surface area (Å²) in [6, 6.07) is 11.8. The maximum Gasteiger partial charge on any atom is 0.156 e. The molecule has 0 saturated carbocycles. The molecule has 6 heteroatoms. The highest BCUT2D eigenvalue weighted by atomic mass is 35.5. The highest BCUT2D eigenvalue weighted by Crippen LogP contribution is 2.27. The molecule has 3 rings (SSSR count). The van der Waals surface area contributed by atoms with Crippen LogP contribution in [0, 0.1) is 32.4 Å². The summed E-state index contributed by atoms with van der Waals surface area (Å²) >= 11 is 6.25. The summed E-state index contributed by atoms with van der Waals surface area (Å²) in [5, 5.41) is 3.27. The lowest BCUT2D eigenvalue weighted by molar-refractivity contribution is 0.560. The summed E-state index contributed by atoms with van der Waals surface area (Å²) < 4.78 is 27.6. The molecule has 3 aromatic rings. The molecule has 0 unspecified atom stereocenters. The predicted molar refractivity (Wildman–Crippen MR) is 115 cm³/mol. The first kappa shape index (κ1) is 20.9. The second-order valence-corrected chi connectivity index (χ2v) is 7.35. The minimum atomic E-state index is -0.618. The monoisotopic (exact) mass is 413 g/mol. The third-order valence-electron chi connectivity index (χ3n) is 4.75. The molecule has 0 aliphatic heterocycles. The van der Waals surface area contributed by atoms with Crippen molar-refractivity contribution in [3.63, 3.8) is 0 Å². The van der Waals surface area contributed by atoms with Crippen LogP contribution >= 0.6 is 11.6 Å². The molecule has 0 amide bonds. The standard InChI is InChI=1S/C23H22ClF2N3/c1-14-7-8-17(11-15(14)2)9-10-27-22-16(3)12-19(24)23(29-22)28-13-18-20(25)5-4-6-21(18)26/h4-8,10-12H,9,13H2,1-3H3,(H,28,29)/b27-10+. The average Bonchev–Trinajstić information content (AvgIpc) is 2.67. The van der Waals surface area contributed by atoms with Gasteiger partial charge in [0.15, 0.2) is 5.82 Å². The summed E-state index contributed by atoms with van der Waals surface area (Å²) in [7, 11) is 0. The van der Waals surface area contributed by atoms with Crippen molar-refractivity contribution >= 4 is 29.5 Å². The Labute approximate surface area is 174 Å². The van der Waals surface area contributed by atoms with Gasteiger partial charge in [0.25, 0.3) is 0 Å². The van der Waals surface area contributed by atoms with Gasteiger partial charge >= 0.3 is 0 Å². The zero-order valence-corrected chi connectivity index (χ0v) is 17.3. The summed E-state index contributed by atoms with van der Waals surface area (Å²) in [5.74, 6) is -0.396. The van der Waals surface area contributed by atoms with Crippen LogP contribution in [0.3, 0.4) is 0 Å². The van der Waals surface area contributed by atoms with Gasteiger partial charge in [-0.05, 0) is 61.2 Å². The van der Waals surface area contributed by atoms with Crippen molar-refractivity contribution in [2.75, 3.05) is 5.32 Å². The number of hydrogen-bond acceptors (Lipinski definition) is 3. The van der Waals surface area contributed by atoms with Gasteiger partial charge < -0.3 is 5.32 Å². The largest absolute Gasteiger partial charge is 0.364 e. The van der Waals surface area contributed by atoms with E-state index in [1.807, 2.05) is 6.92 Å². The highest BCUT2D eigenvalue weighted by Gasteiger charge is 2.11. The molecule has 0 radical (unpaired) electrons. The lowest BCUT2D eigenvalue weighted by Crippen LogP contribution is -2.06. The zero-order chi connectivity index (χ0) is 21.0. The third kappa shape index (κ3) is 5.18. The van der Waals surface area contributed by atoms with Gasteiger partial charge in [-0.1, -0.05) is 35.9 Å². The van der Waals surface area contributed by atoms with Gasteiger partial charge in [-0.15, -0.1) is 0 Å². The van der Waals surface area contributed by atoms with Crippen LogP contribution in [0.15, 0.2) is 47.5 Å². The van der Waals surface area contributed by atoms with Crippen LogP contribution in [0.5, 0.6) is 0 Å². The van der Waals surface area contributed by atoms with Gasteiger partial charge in [0.05, 0.1) is 5.02 Å². The molecular weight excluding hydrogens is 392 g/mol. The van der Waals surface area contributed by atoms with Crippen molar-refractivity contribution in [1.82, 2.24) is 4.98 Å². The van der Waals surface area contributed by atoms with Crippen LogP contribution in [0.1, 0.15) is 27.8 Å². The Kier molecular flexibility index (Phi) is 6.60. The first-order valence-corrected chi connectivity index (χ1v) is 9.65. The molecule has 2 aromatic carbocycles. The fourth-order valence-electron chi connectivity index (χ4n) is 2.87. The summed E-state index contributed by atoms with van der Waals surface area (Å²) in [4.78, 5) is 8.89. The number of aliphatic imine (C=N–C) groups is 1. The van der Waals surface area contributed by atoms with E-state index in [9.17, 15) is 8.78 Å². The Morgan fingerprint density at radius 3 is 2.41 bits per heavy atom. The normalized spacial score (nSPS) is 11.2. The van der Waals surface area contributed by atoms with E-state index in [2.05, 4.69) is 47.3 Å². The van der Waals surface area contributed by atoms with Gasteiger partial charge in [-0.25, -0.2) is 18.8 Å². The van der Waals surface area contributed by atoms with E-state index in [1.165, 1.54) is 29.3 Å². The van der Waals surface area contributed by atoms with Crippen LogP contribution < -0.4 is 5.32 Å². The minimum Gasteiger partial charge on any atom is -0.364 e. The Hall–Kier alpha value is -2.79. The molecular formula is C23H22ClF2N3. The lowest BCUT2D eigenvalue weighted by atomic mass is 10.0. The molecule has 0 bridgehead atoms. The number of halogens is 3. The fraction of sp³-hybridized carbons (Fsp3) is 0.217. The minimum absolute atomic E-state index is 0.0641. The number of anilines is 1. The van der Waals surface area contributed by atoms with E-state index < -0.39 is 11.6 Å². The van der Waals surface area contributed by atoms with Crippen molar-refractivity contribution in [3.05, 3.63) is 86.9 Å². The number of hydrogen-bond donors (Lipinski definition) is 1. The SMILES string of the molecule is Cc1ccc(C/C=N/c2nc(NCc3c(F)cccc3F)c(Cl)cc2C)cc1C. The summed E-state index contributed by atoms with van der Waals surface area (Å²) in [6.45, 7) is 5.95. The number of nitrogens with zero attached hydrogens (tertiary/aromatic N) is 2. The van der Waals surface area contributed by atoms with E-state index >= 15 is 0 Å². The van der Waals surface area contributed by atoms with E-state index in [4.69, 9.17) is 11.6 Å². The van der Waals surface area contributed by atoms with Crippen molar-refractivity contribution < 1.29 is 8.78 Å². The van der Waals surface area contributed by atoms with Crippen molar-refractivity contribution in [3.8, 4) is 0 Å². The summed E-state index contributed by atoms with van der Waals surface area (Å²) in [6.07, 6.45) is 2.47. The van der Waals surface area contributed by atoms with Gasteiger partial charge in [-0.2, -0.15) is 0 Å². The van der Waals surface area contributed by atoms with Crippen LogP contribution in [0.2, 0.25) is 5.02 Å². The number of aromatic nitrogens is 1. The highest BCUT2D eigenvalue weighted by molar-refractivity contribution is 6.33. The number of aryl methyl sites for hydroxylation is 3. The molecule has 0 aliphatic carbocycles. The van der Waals surface area contributed by atoms with E-state index in [-0.39, 0.29) is 12.1 Å².